The van der Waals surface area contributed by atoms with Crippen LogP contribution in [-0.2, 0) is 23.8 Å². The summed E-state index contributed by atoms with van der Waals surface area (Å²) in [5.41, 5.74) is -0.186. The number of esters is 1. The number of carbonyl (C=O) groups is 1. The number of methoxy groups -OCH3 is 1. The number of carbonyl (C=O) groups excluding carboxylic acids is 1. The molecule has 8 nitrogen and oxygen atoms in total. The lowest BCUT2D eigenvalue weighted by Gasteiger charge is -2.56. The summed E-state index contributed by atoms with van der Waals surface area (Å²) >= 11 is 0. The van der Waals surface area contributed by atoms with Crippen LogP contribution in [0.5, 0.6) is 0 Å². The molecule has 0 amide bonds. The lowest BCUT2D eigenvalue weighted by Crippen LogP contribution is -2.57. The summed E-state index contributed by atoms with van der Waals surface area (Å²) in [5.74, 6) is 0.0937. The molecule has 4 bridgehead atoms. The molecule has 0 spiro atoms. The molecule has 6 atom stereocenters. The maximum Gasteiger partial charge on any atom is 0.309 e. The number of non-ortho nitro benzene ring substituents is 1. The maximum atomic E-state index is 12.7. The third kappa shape index (κ3) is 3.12. The molecule has 1 aromatic carbocycles. The Morgan fingerprint density at radius 3 is 2.41 bits per heavy atom. The van der Waals surface area contributed by atoms with E-state index >= 15 is 0 Å². The Hall–Kier alpha value is -2.00. The molecule has 0 radical (unpaired) electrons. The SMILES string of the molecule is COC(=O)[C@H]1[C@@H]2C[C@@H]3C[C@@H](C2)[C@@H](OS(=O)(=O)c2ccc([N+](=O)[O-])cc2)[C@@H]1C3. The van der Waals surface area contributed by atoms with E-state index in [-0.39, 0.29) is 40.2 Å². The predicted molar refractivity (Wildman–Crippen MR) is 93.1 cm³/mol. The Balaban J connectivity index is 1.59. The fourth-order valence-corrected chi connectivity index (χ4v) is 6.62. The molecule has 27 heavy (non-hydrogen) atoms. The molecule has 9 heteroatoms. The summed E-state index contributed by atoms with van der Waals surface area (Å²) in [5, 5.41) is 10.8. The standard InChI is InChI=1S/C18H21NO7S/c1-25-18(20)16-11-6-10-7-12(9-11)17(15(16)8-10)26-27(23,24)14-4-2-13(3-5-14)19(21)22/h2-5,10-12,15-17H,6-9H2,1H3/t10-,11-,12+,15-,16+,17-/m1/s1. The first kappa shape index (κ1) is 18.4. The van der Waals surface area contributed by atoms with Gasteiger partial charge in [-0.2, -0.15) is 8.42 Å². The Kier molecular flexibility index (Phi) is 4.46. The number of hydrogen-bond donors (Lipinski definition) is 0. The summed E-state index contributed by atoms with van der Waals surface area (Å²) < 4.78 is 36.1. The van der Waals surface area contributed by atoms with Crippen molar-refractivity contribution in [1.82, 2.24) is 0 Å². The highest BCUT2D eigenvalue weighted by molar-refractivity contribution is 7.86. The van der Waals surface area contributed by atoms with Gasteiger partial charge in [0.1, 0.15) is 0 Å². The van der Waals surface area contributed by atoms with E-state index in [0.717, 1.165) is 37.8 Å². The van der Waals surface area contributed by atoms with Crippen molar-refractivity contribution < 1.29 is 27.1 Å². The van der Waals surface area contributed by atoms with Gasteiger partial charge in [0, 0.05) is 18.1 Å². The van der Waals surface area contributed by atoms with Crippen LogP contribution in [0.15, 0.2) is 29.2 Å². The van der Waals surface area contributed by atoms with Crippen LogP contribution in [0.25, 0.3) is 0 Å². The van der Waals surface area contributed by atoms with Crippen molar-refractivity contribution in [2.24, 2.45) is 29.6 Å². The van der Waals surface area contributed by atoms with Crippen LogP contribution in [0, 0.1) is 39.7 Å². The number of nitrogens with zero attached hydrogens (tertiary/aromatic N) is 1. The number of rotatable bonds is 5. The van der Waals surface area contributed by atoms with Crippen LogP contribution in [0.2, 0.25) is 0 Å². The van der Waals surface area contributed by atoms with E-state index in [4.69, 9.17) is 8.92 Å². The maximum absolute atomic E-state index is 12.7. The van der Waals surface area contributed by atoms with Gasteiger partial charge in [0.2, 0.25) is 0 Å². The zero-order chi connectivity index (χ0) is 19.3. The minimum absolute atomic E-state index is 0.112. The third-order valence-corrected chi connectivity index (χ3v) is 7.71. The molecular formula is C18H21NO7S. The highest BCUT2D eigenvalue weighted by Crippen LogP contribution is 2.58. The number of ether oxygens (including phenoxy) is 1. The van der Waals surface area contributed by atoms with Crippen LogP contribution in [0.1, 0.15) is 25.7 Å². The molecule has 146 valence electrons. The van der Waals surface area contributed by atoms with Crippen LogP contribution >= 0.6 is 0 Å². The van der Waals surface area contributed by atoms with Gasteiger partial charge in [0.25, 0.3) is 15.8 Å². The van der Waals surface area contributed by atoms with Crippen molar-refractivity contribution in [3.63, 3.8) is 0 Å². The molecule has 0 heterocycles. The fourth-order valence-electron chi connectivity index (χ4n) is 5.45. The van der Waals surface area contributed by atoms with Gasteiger partial charge in [0.15, 0.2) is 0 Å². The Morgan fingerprint density at radius 2 is 1.78 bits per heavy atom. The second-order valence-electron chi connectivity index (χ2n) is 7.81. The topological polar surface area (TPSA) is 113 Å². The van der Waals surface area contributed by atoms with E-state index in [1.54, 1.807) is 0 Å². The lowest BCUT2D eigenvalue weighted by atomic mass is 9.50. The van der Waals surface area contributed by atoms with Crippen molar-refractivity contribution in [2.45, 2.75) is 36.7 Å². The Labute approximate surface area is 157 Å². The number of hydrogen-bond acceptors (Lipinski definition) is 7. The Morgan fingerprint density at radius 1 is 1.11 bits per heavy atom. The molecule has 0 N–H and O–H groups in total. The van der Waals surface area contributed by atoms with Crippen LogP contribution in [0.3, 0.4) is 0 Å². The first-order valence-corrected chi connectivity index (χ1v) is 10.5. The van der Waals surface area contributed by atoms with E-state index in [1.165, 1.54) is 19.2 Å². The number of nitro groups is 1. The Bertz CT molecular complexity index is 866. The van der Waals surface area contributed by atoms with Gasteiger partial charge < -0.3 is 4.74 Å². The number of nitro benzene ring substituents is 1. The van der Waals surface area contributed by atoms with Gasteiger partial charge in [-0.3, -0.25) is 19.1 Å². The fraction of sp³-hybridized carbons (Fsp3) is 0.611. The summed E-state index contributed by atoms with van der Waals surface area (Å²) in [4.78, 5) is 22.3. The zero-order valence-corrected chi connectivity index (χ0v) is 15.6. The molecule has 0 unspecified atom stereocenters. The van der Waals surface area contributed by atoms with Crippen LogP contribution in [0.4, 0.5) is 5.69 Å². The molecule has 0 saturated heterocycles. The molecule has 4 aliphatic carbocycles. The van der Waals surface area contributed by atoms with Crippen molar-refractivity contribution >= 4 is 21.8 Å². The van der Waals surface area contributed by atoms with Crippen molar-refractivity contribution in [3.05, 3.63) is 34.4 Å². The molecule has 4 aliphatic rings. The van der Waals surface area contributed by atoms with Gasteiger partial charge in [-0.15, -0.1) is 0 Å². The summed E-state index contributed by atoms with van der Waals surface area (Å²) in [7, 11) is -2.72. The molecule has 1 aromatic rings. The first-order chi connectivity index (χ1) is 12.8. The lowest BCUT2D eigenvalue weighted by molar-refractivity contribution is -0.384. The molecule has 4 fully saturated rings. The van der Waals surface area contributed by atoms with Crippen LogP contribution in [-0.4, -0.2) is 32.5 Å². The van der Waals surface area contributed by atoms with E-state index in [9.17, 15) is 23.3 Å². The van der Waals surface area contributed by atoms with Crippen molar-refractivity contribution in [1.29, 1.82) is 0 Å². The highest BCUT2D eigenvalue weighted by atomic mass is 32.2. The van der Waals surface area contributed by atoms with Gasteiger partial charge >= 0.3 is 5.97 Å². The smallest absolute Gasteiger partial charge is 0.309 e. The van der Waals surface area contributed by atoms with E-state index in [2.05, 4.69) is 0 Å². The average molecular weight is 395 g/mol. The zero-order valence-electron chi connectivity index (χ0n) is 14.8. The van der Waals surface area contributed by atoms with E-state index < -0.39 is 21.1 Å². The van der Waals surface area contributed by atoms with Gasteiger partial charge in [0.05, 0.1) is 29.0 Å². The minimum Gasteiger partial charge on any atom is -0.469 e. The highest BCUT2D eigenvalue weighted by Gasteiger charge is 2.57. The second kappa shape index (κ2) is 6.56. The predicted octanol–water partition coefficient (Wildman–Crippen LogP) is 2.52. The molecule has 4 saturated carbocycles. The van der Waals surface area contributed by atoms with Crippen molar-refractivity contribution in [3.8, 4) is 0 Å². The average Bonchev–Trinajstić information content (AvgIpc) is 2.64. The normalized spacial score (nSPS) is 34.4. The molecule has 5 rings (SSSR count). The van der Waals surface area contributed by atoms with Gasteiger partial charge in [-0.05, 0) is 55.6 Å². The monoisotopic (exact) mass is 395 g/mol. The first-order valence-electron chi connectivity index (χ1n) is 9.05. The van der Waals surface area contributed by atoms with Gasteiger partial charge in [-0.25, -0.2) is 0 Å². The van der Waals surface area contributed by atoms with E-state index in [0.29, 0.717) is 5.92 Å². The number of benzene rings is 1. The molecular weight excluding hydrogens is 374 g/mol. The van der Waals surface area contributed by atoms with Gasteiger partial charge in [-0.1, -0.05) is 0 Å². The quantitative estimate of drug-likeness (QED) is 0.326. The second-order valence-corrected chi connectivity index (χ2v) is 9.38. The van der Waals surface area contributed by atoms with Crippen molar-refractivity contribution in [2.75, 3.05) is 7.11 Å². The largest absolute Gasteiger partial charge is 0.469 e. The molecule has 0 aliphatic heterocycles. The summed E-state index contributed by atoms with van der Waals surface area (Å²) in [6, 6.07) is 4.65. The van der Waals surface area contributed by atoms with E-state index in [1.807, 2.05) is 0 Å². The summed E-state index contributed by atoms with van der Waals surface area (Å²) in [6.45, 7) is 0. The summed E-state index contributed by atoms with van der Waals surface area (Å²) in [6.07, 6.45) is 2.90. The third-order valence-electron chi connectivity index (χ3n) is 6.39. The molecule has 0 aromatic heterocycles. The van der Waals surface area contributed by atoms with Crippen LogP contribution < -0.4 is 0 Å². The minimum atomic E-state index is -4.08.